The molecule has 0 bridgehead atoms. The van der Waals surface area contributed by atoms with E-state index in [-0.39, 0.29) is 23.2 Å². The highest BCUT2D eigenvalue weighted by Gasteiger charge is 2.30. The second kappa shape index (κ2) is 26.0. The highest BCUT2D eigenvalue weighted by molar-refractivity contribution is 7.91. The van der Waals surface area contributed by atoms with Crippen LogP contribution >= 0.6 is 0 Å². The summed E-state index contributed by atoms with van der Waals surface area (Å²) in [5, 5.41) is 29.1. The number of amides is 2. The van der Waals surface area contributed by atoms with E-state index in [9.17, 15) is 46.7 Å². The summed E-state index contributed by atoms with van der Waals surface area (Å²) in [6.07, 6.45) is 2.97. The molecule has 2 aliphatic heterocycles. The maximum atomic E-state index is 12.8. The first-order chi connectivity index (χ1) is 28.5. The molecule has 2 aliphatic rings. The van der Waals surface area contributed by atoms with Crippen molar-refractivity contribution in [3.63, 3.8) is 0 Å². The Labute approximate surface area is 353 Å². The van der Waals surface area contributed by atoms with Gasteiger partial charge >= 0.3 is 11.8 Å². The lowest BCUT2D eigenvalue weighted by atomic mass is 10.0. The quantitative estimate of drug-likeness (QED) is 0.0929. The van der Waals surface area contributed by atoms with Crippen LogP contribution in [-0.4, -0.2) is 127 Å². The molecule has 2 saturated heterocycles. The van der Waals surface area contributed by atoms with Crippen molar-refractivity contribution in [1.82, 2.24) is 19.2 Å². The van der Waals surface area contributed by atoms with Gasteiger partial charge in [-0.2, -0.15) is 0 Å². The number of hydrogen-bond acceptors (Lipinski definition) is 16. The normalized spacial score (nSPS) is 14.9. The Balaban J connectivity index is 0.000000758. The van der Waals surface area contributed by atoms with E-state index in [2.05, 4.69) is 62.0 Å². The second-order valence-corrected chi connectivity index (χ2v) is 17.2. The number of anilines is 2. The van der Waals surface area contributed by atoms with Gasteiger partial charge in [-0.15, -0.1) is 0 Å². The van der Waals surface area contributed by atoms with Gasteiger partial charge in [-0.05, 0) is 101 Å². The molecule has 0 aliphatic carbocycles. The minimum absolute atomic E-state index is 0.0319. The number of nitrogens with one attached hydrogen (secondary N) is 4. The standard InChI is InChI=1S/C26H32N6O12S2.2C6H15N/c33-25(29-45(39,40)19-1-3-21(23(13-19)31(35)36)27-15-17-5-9-43-10-6-17)26(34)30-46(41,42)20-2-4-22(24(14-20)32(37)38)28-16-18-7-11-44-12-8-18;2*1-4-7(5-2)6-3/h1-4,13-14,17-18,27-28H,5-12,15-16H2,(H,29,33)(H,30,34);2*4-6H2,1-3H3. The number of rotatable bonds is 18. The summed E-state index contributed by atoms with van der Waals surface area (Å²) >= 11 is 0. The van der Waals surface area contributed by atoms with Crippen LogP contribution in [0.3, 0.4) is 0 Å². The van der Waals surface area contributed by atoms with Crippen molar-refractivity contribution in [2.24, 2.45) is 11.8 Å². The van der Waals surface area contributed by atoms with Gasteiger partial charge in [0.05, 0.1) is 19.6 Å². The molecule has 0 spiro atoms. The Hall–Kier alpha value is -4.48. The summed E-state index contributed by atoms with van der Waals surface area (Å²) in [6.45, 7) is 23.2. The zero-order valence-corrected chi connectivity index (χ0v) is 37.1. The lowest BCUT2D eigenvalue weighted by molar-refractivity contribution is -0.384. The van der Waals surface area contributed by atoms with Crippen molar-refractivity contribution in [3.8, 4) is 0 Å². The van der Waals surface area contributed by atoms with Crippen LogP contribution in [0.2, 0.25) is 0 Å². The van der Waals surface area contributed by atoms with E-state index in [4.69, 9.17) is 9.47 Å². The summed E-state index contributed by atoms with van der Waals surface area (Å²) < 4.78 is 64.5. The molecular formula is C38H62N8O12S2. The number of ether oxygens (including phenoxy) is 2. The van der Waals surface area contributed by atoms with Gasteiger partial charge in [0, 0.05) is 51.6 Å². The molecule has 2 amide bonds. The van der Waals surface area contributed by atoms with E-state index in [0.717, 1.165) is 49.9 Å². The summed E-state index contributed by atoms with van der Waals surface area (Å²) in [6, 6.07) is 5.59. The molecule has 60 heavy (non-hydrogen) atoms. The third kappa shape index (κ3) is 16.9. The van der Waals surface area contributed by atoms with E-state index in [1.807, 2.05) is 0 Å². The molecule has 0 atom stereocenters. The monoisotopic (exact) mass is 886 g/mol. The molecule has 2 heterocycles. The Morgan fingerprint density at radius 1 is 0.600 bits per heavy atom. The summed E-state index contributed by atoms with van der Waals surface area (Å²) in [4.78, 5) is 49.8. The molecule has 2 aromatic carbocycles. The van der Waals surface area contributed by atoms with Gasteiger partial charge in [0.25, 0.3) is 31.4 Å². The molecule has 22 heteroatoms. The zero-order valence-electron chi connectivity index (χ0n) is 35.4. The minimum Gasteiger partial charge on any atom is -0.381 e. The highest BCUT2D eigenvalue weighted by atomic mass is 32.2. The number of nitrogens with zero attached hydrogens (tertiary/aromatic N) is 4. The van der Waals surface area contributed by atoms with Gasteiger partial charge in [-0.1, -0.05) is 41.5 Å². The molecule has 2 fully saturated rings. The fraction of sp³-hybridized carbons (Fsp3) is 0.632. The number of sulfonamides is 2. The van der Waals surface area contributed by atoms with Crippen molar-refractivity contribution < 1.29 is 45.7 Å². The maximum absolute atomic E-state index is 12.8. The van der Waals surface area contributed by atoms with Crippen molar-refractivity contribution >= 4 is 54.6 Å². The first-order valence-corrected chi connectivity index (χ1v) is 23.2. The smallest absolute Gasteiger partial charge is 0.324 e. The number of hydrogen-bond donors (Lipinski definition) is 4. The fourth-order valence-corrected chi connectivity index (χ4v) is 8.10. The average Bonchev–Trinajstić information content (AvgIpc) is 3.24. The molecule has 20 nitrogen and oxygen atoms in total. The van der Waals surface area contributed by atoms with Gasteiger partial charge in [0.1, 0.15) is 11.4 Å². The number of nitro groups is 2. The maximum Gasteiger partial charge on any atom is 0.324 e. The molecule has 0 radical (unpaired) electrons. The molecule has 0 aromatic heterocycles. The predicted molar refractivity (Wildman–Crippen MR) is 228 cm³/mol. The molecule has 0 saturated carbocycles. The number of carbonyl (C=O) groups is 2. The topological polar surface area (TPSA) is 262 Å². The second-order valence-electron chi connectivity index (χ2n) is 13.9. The number of carbonyl (C=O) groups excluding carboxylic acids is 2. The van der Waals surface area contributed by atoms with Gasteiger partial charge in [-0.25, -0.2) is 26.3 Å². The van der Waals surface area contributed by atoms with Crippen LogP contribution in [0.1, 0.15) is 67.2 Å². The Morgan fingerprint density at radius 2 is 0.900 bits per heavy atom. The van der Waals surface area contributed by atoms with Gasteiger partial charge in [0.2, 0.25) is 0 Å². The van der Waals surface area contributed by atoms with Crippen LogP contribution in [0.25, 0.3) is 0 Å². The third-order valence-corrected chi connectivity index (χ3v) is 12.8. The van der Waals surface area contributed by atoms with E-state index < -0.39 is 62.9 Å². The Bertz CT molecular complexity index is 1770. The van der Waals surface area contributed by atoms with E-state index in [0.29, 0.717) is 51.6 Å². The van der Waals surface area contributed by atoms with Crippen molar-refractivity contribution in [3.05, 3.63) is 56.6 Å². The molecule has 4 N–H and O–H groups in total. The van der Waals surface area contributed by atoms with Crippen LogP contribution < -0.4 is 20.1 Å². The van der Waals surface area contributed by atoms with E-state index in [1.165, 1.54) is 48.7 Å². The van der Waals surface area contributed by atoms with Crippen LogP contribution in [0.15, 0.2) is 46.2 Å². The van der Waals surface area contributed by atoms with Gasteiger partial charge < -0.3 is 29.9 Å². The van der Waals surface area contributed by atoms with E-state index in [1.54, 1.807) is 0 Å². The van der Waals surface area contributed by atoms with Crippen LogP contribution in [0, 0.1) is 32.1 Å². The van der Waals surface area contributed by atoms with Crippen LogP contribution in [-0.2, 0) is 39.1 Å². The average molecular weight is 887 g/mol. The SMILES string of the molecule is CCN(CC)CC.CCN(CC)CC.O=C(NS(=O)(=O)c1ccc(NCC2CCOCC2)c([N+](=O)[O-])c1)C(=O)NS(=O)(=O)c1ccc(NCC2CCOCC2)c([N+](=O)[O-])c1. The summed E-state index contributed by atoms with van der Waals surface area (Å²) in [5.74, 6) is -3.46. The molecule has 338 valence electrons. The lowest BCUT2D eigenvalue weighted by Crippen LogP contribution is -2.44. The Morgan fingerprint density at radius 3 is 1.15 bits per heavy atom. The molecule has 4 rings (SSSR count). The molecule has 2 aromatic rings. The summed E-state index contributed by atoms with van der Waals surface area (Å²) in [7, 11) is -9.76. The van der Waals surface area contributed by atoms with Crippen LogP contribution in [0.5, 0.6) is 0 Å². The highest BCUT2D eigenvalue weighted by Crippen LogP contribution is 2.30. The van der Waals surface area contributed by atoms with Crippen molar-refractivity contribution in [2.45, 2.75) is 77.0 Å². The van der Waals surface area contributed by atoms with Gasteiger partial charge in [0.15, 0.2) is 0 Å². The fourth-order valence-electron chi connectivity index (χ4n) is 6.16. The first kappa shape index (κ1) is 51.7. The first-order valence-electron chi connectivity index (χ1n) is 20.2. The van der Waals surface area contributed by atoms with Crippen molar-refractivity contribution in [2.75, 3.05) is 89.4 Å². The largest absolute Gasteiger partial charge is 0.381 e. The minimum atomic E-state index is -4.88. The molecule has 0 unspecified atom stereocenters. The zero-order chi connectivity index (χ0) is 44.9. The number of benzene rings is 2. The Kier molecular flexibility index (Phi) is 22.4. The van der Waals surface area contributed by atoms with Crippen LogP contribution in [0.4, 0.5) is 22.7 Å². The van der Waals surface area contributed by atoms with E-state index >= 15 is 0 Å². The van der Waals surface area contributed by atoms with Crippen molar-refractivity contribution in [1.29, 1.82) is 0 Å². The number of nitro benzene ring substituents is 2. The molecular weight excluding hydrogens is 825 g/mol. The predicted octanol–water partition coefficient (Wildman–Crippen LogP) is 4.19. The lowest BCUT2D eigenvalue weighted by Gasteiger charge is -2.22. The third-order valence-electron chi connectivity index (χ3n) is 10.1. The van der Waals surface area contributed by atoms with Gasteiger partial charge in [-0.3, -0.25) is 29.8 Å². The summed E-state index contributed by atoms with van der Waals surface area (Å²) in [5.41, 5.74) is -1.16.